The molecule has 0 heterocycles. The fourth-order valence-electron chi connectivity index (χ4n) is 1.73. The number of rotatable bonds is 3. The summed E-state index contributed by atoms with van der Waals surface area (Å²) in [5.74, 6) is -0.00646. The molecular formula is C16H13ClO. The second kappa shape index (κ2) is 5.65. The summed E-state index contributed by atoms with van der Waals surface area (Å²) in [5.41, 5.74) is 2.59. The molecule has 0 bridgehead atoms. The number of halogens is 1. The normalized spacial score (nSPS) is 10.8. The number of carbonyl (C=O) groups is 1. The van der Waals surface area contributed by atoms with Gasteiger partial charge in [0.05, 0.1) is 0 Å². The summed E-state index contributed by atoms with van der Waals surface area (Å²) < 4.78 is 0. The van der Waals surface area contributed by atoms with Crippen molar-refractivity contribution in [2.75, 3.05) is 0 Å². The average Bonchev–Trinajstić information content (AvgIpc) is 2.37. The molecule has 1 nitrogen and oxygen atoms in total. The van der Waals surface area contributed by atoms with Crippen LogP contribution in [0.3, 0.4) is 0 Å². The van der Waals surface area contributed by atoms with Gasteiger partial charge < -0.3 is 0 Å². The fraction of sp³-hybridized carbons (Fsp3) is 0.0625. The van der Waals surface area contributed by atoms with Crippen molar-refractivity contribution < 1.29 is 4.79 Å². The predicted octanol–water partition coefficient (Wildman–Crippen LogP) is 4.54. The monoisotopic (exact) mass is 256 g/mol. The summed E-state index contributed by atoms with van der Waals surface area (Å²) in [6.07, 6.45) is 3.40. The molecule has 0 aliphatic heterocycles. The van der Waals surface area contributed by atoms with E-state index in [9.17, 15) is 4.79 Å². The molecule has 0 aromatic heterocycles. The third-order valence-electron chi connectivity index (χ3n) is 2.68. The number of benzene rings is 2. The van der Waals surface area contributed by atoms with Crippen LogP contribution in [0.15, 0.2) is 54.6 Å². The molecule has 0 spiro atoms. The van der Waals surface area contributed by atoms with Crippen LogP contribution >= 0.6 is 11.6 Å². The number of carbonyl (C=O) groups excluding carboxylic acids is 1. The van der Waals surface area contributed by atoms with Gasteiger partial charge in [-0.05, 0) is 42.3 Å². The Morgan fingerprint density at radius 2 is 1.83 bits per heavy atom. The Morgan fingerprint density at radius 3 is 2.50 bits per heavy atom. The molecule has 0 fully saturated rings. The summed E-state index contributed by atoms with van der Waals surface area (Å²) in [6, 6.07) is 15.0. The first-order chi connectivity index (χ1) is 8.66. The van der Waals surface area contributed by atoms with Crippen molar-refractivity contribution in [3.63, 3.8) is 0 Å². The Bertz CT molecular complexity index is 585. The summed E-state index contributed by atoms with van der Waals surface area (Å²) >= 11 is 5.87. The zero-order chi connectivity index (χ0) is 13.0. The first kappa shape index (κ1) is 12.6. The minimum absolute atomic E-state index is 0.00646. The number of ketones is 1. The fourth-order valence-corrected chi connectivity index (χ4v) is 1.96. The van der Waals surface area contributed by atoms with Gasteiger partial charge in [-0.2, -0.15) is 0 Å². The number of hydrogen-bond acceptors (Lipinski definition) is 1. The van der Waals surface area contributed by atoms with Crippen molar-refractivity contribution >= 4 is 23.5 Å². The third kappa shape index (κ3) is 3.08. The van der Waals surface area contributed by atoms with Crippen LogP contribution in [0, 0.1) is 6.92 Å². The third-order valence-corrected chi connectivity index (χ3v) is 2.92. The van der Waals surface area contributed by atoms with E-state index in [0.29, 0.717) is 10.6 Å². The zero-order valence-corrected chi connectivity index (χ0v) is 10.8. The van der Waals surface area contributed by atoms with E-state index in [2.05, 4.69) is 0 Å². The Kier molecular flexibility index (Phi) is 3.96. The first-order valence-electron chi connectivity index (χ1n) is 5.70. The maximum atomic E-state index is 12.0. The molecule has 90 valence electrons. The lowest BCUT2D eigenvalue weighted by Gasteiger charge is -2.01. The van der Waals surface area contributed by atoms with Crippen molar-refractivity contribution in [3.05, 3.63) is 76.3 Å². The van der Waals surface area contributed by atoms with Crippen molar-refractivity contribution in [1.82, 2.24) is 0 Å². The van der Waals surface area contributed by atoms with Gasteiger partial charge >= 0.3 is 0 Å². The number of allylic oxidation sites excluding steroid dienone is 1. The molecule has 0 atom stereocenters. The van der Waals surface area contributed by atoms with Crippen LogP contribution in [0.5, 0.6) is 0 Å². The molecule has 0 unspecified atom stereocenters. The predicted molar refractivity (Wildman–Crippen MR) is 76.0 cm³/mol. The highest BCUT2D eigenvalue weighted by atomic mass is 35.5. The van der Waals surface area contributed by atoms with Gasteiger partial charge in [-0.15, -0.1) is 0 Å². The van der Waals surface area contributed by atoms with Crippen LogP contribution in [0.2, 0.25) is 5.02 Å². The van der Waals surface area contributed by atoms with Gasteiger partial charge in [0.15, 0.2) is 5.78 Å². The van der Waals surface area contributed by atoms with Crippen LogP contribution in [-0.2, 0) is 0 Å². The van der Waals surface area contributed by atoms with E-state index in [0.717, 1.165) is 11.1 Å². The second-order valence-corrected chi connectivity index (χ2v) is 4.50. The molecule has 0 N–H and O–H groups in total. The van der Waals surface area contributed by atoms with Gasteiger partial charge in [-0.3, -0.25) is 4.79 Å². The van der Waals surface area contributed by atoms with Crippen LogP contribution in [0.25, 0.3) is 6.08 Å². The van der Waals surface area contributed by atoms with Gasteiger partial charge in [0.25, 0.3) is 0 Å². The molecular weight excluding hydrogens is 244 g/mol. The van der Waals surface area contributed by atoms with E-state index < -0.39 is 0 Å². The average molecular weight is 257 g/mol. The lowest BCUT2D eigenvalue weighted by Crippen LogP contribution is -1.97. The quantitative estimate of drug-likeness (QED) is 0.582. The van der Waals surface area contributed by atoms with E-state index in [1.165, 1.54) is 0 Å². The summed E-state index contributed by atoms with van der Waals surface area (Å²) in [4.78, 5) is 12.0. The van der Waals surface area contributed by atoms with Crippen molar-refractivity contribution in [2.24, 2.45) is 0 Å². The minimum atomic E-state index is -0.00646. The number of hydrogen-bond donors (Lipinski definition) is 0. The summed E-state index contributed by atoms with van der Waals surface area (Å²) in [5, 5.41) is 0.649. The van der Waals surface area contributed by atoms with Gasteiger partial charge in [0.2, 0.25) is 0 Å². The standard InChI is InChI=1S/C16H13ClO/c1-12-11-14(17)8-9-15(12)16(18)10-7-13-5-3-2-4-6-13/h2-11H,1H3/b10-7+. The molecule has 0 aliphatic carbocycles. The molecule has 2 aromatic rings. The maximum Gasteiger partial charge on any atom is 0.186 e. The molecule has 18 heavy (non-hydrogen) atoms. The van der Waals surface area contributed by atoms with Gasteiger partial charge in [0, 0.05) is 10.6 Å². The Morgan fingerprint density at radius 1 is 1.11 bits per heavy atom. The lowest BCUT2D eigenvalue weighted by atomic mass is 10.0. The minimum Gasteiger partial charge on any atom is -0.289 e. The van der Waals surface area contributed by atoms with Crippen LogP contribution < -0.4 is 0 Å². The number of aryl methyl sites for hydroxylation is 1. The van der Waals surface area contributed by atoms with E-state index in [1.807, 2.05) is 43.3 Å². The second-order valence-electron chi connectivity index (χ2n) is 4.07. The molecule has 0 aliphatic rings. The molecule has 0 amide bonds. The van der Waals surface area contributed by atoms with Crippen molar-refractivity contribution in [1.29, 1.82) is 0 Å². The highest BCUT2D eigenvalue weighted by Gasteiger charge is 2.05. The molecule has 2 aromatic carbocycles. The smallest absolute Gasteiger partial charge is 0.186 e. The highest BCUT2D eigenvalue weighted by molar-refractivity contribution is 6.30. The summed E-state index contributed by atoms with van der Waals surface area (Å²) in [6.45, 7) is 1.88. The Hall–Kier alpha value is -1.86. The van der Waals surface area contributed by atoms with Crippen molar-refractivity contribution in [3.8, 4) is 0 Å². The molecule has 0 radical (unpaired) electrons. The van der Waals surface area contributed by atoms with Crippen molar-refractivity contribution in [2.45, 2.75) is 6.92 Å². The molecule has 0 saturated heterocycles. The van der Waals surface area contributed by atoms with E-state index >= 15 is 0 Å². The largest absolute Gasteiger partial charge is 0.289 e. The van der Waals surface area contributed by atoms with E-state index in [4.69, 9.17) is 11.6 Å². The zero-order valence-electron chi connectivity index (χ0n) is 10.1. The highest BCUT2D eigenvalue weighted by Crippen LogP contribution is 2.16. The van der Waals surface area contributed by atoms with E-state index in [-0.39, 0.29) is 5.78 Å². The Labute approximate surface area is 112 Å². The lowest BCUT2D eigenvalue weighted by molar-refractivity contribution is 0.104. The Balaban J connectivity index is 2.20. The van der Waals surface area contributed by atoms with Crippen LogP contribution in [0.4, 0.5) is 0 Å². The van der Waals surface area contributed by atoms with Crippen LogP contribution in [0.1, 0.15) is 21.5 Å². The van der Waals surface area contributed by atoms with Gasteiger partial charge in [-0.1, -0.05) is 48.0 Å². The molecule has 2 rings (SSSR count). The van der Waals surface area contributed by atoms with Gasteiger partial charge in [0.1, 0.15) is 0 Å². The SMILES string of the molecule is Cc1cc(Cl)ccc1C(=O)/C=C/c1ccccc1. The molecule has 0 saturated carbocycles. The van der Waals surface area contributed by atoms with Gasteiger partial charge in [-0.25, -0.2) is 0 Å². The molecule has 2 heteroatoms. The maximum absolute atomic E-state index is 12.0. The van der Waals surface area contributed by atoms with E-state index in [1.54, 1.807) is 24.3 Å². The summed E-state index contributed by atoms with van der Waals surface area (Å²) in [7, 11) is 0. The van der Waals surface area contributed by atoms with Crippen LogP contribution in [-0.4, -0.2) is 5.78 Å². The topological polar surface area (TPSA) is 17.1 Å². The first-order valence-corrected chi connectivity index (χ1v) is 6.08.